The standard InChI is InChI=1S/C27H30BrNO3/c1-21(2)27(30)32-18-8-6-4-3-5-7-17-31-26-15-11-23(12-16-26)24(20-29)19-22-9-13-25(28)14-10-22/h9-16,19H,1,3-8,17-18H2,2H3/b24-19+. The fourth-order valence-corrected chi connectivity index (χ4v) is 3.29. The summed E-state index contributed by atoms with van der Waals surface area (Å²) in [6.07, 6.45) is 8.21. The fraction of sp³-hybridized carbons (Fsp3) is 0.333. The topological polar surface area (TPSA) is 59.3 Å². The molecule has 0 saturated heterocycles. The second-order valence-electron chi connectivity index (χ2n) is 7.63. The Morgan fingerprint density at radius 3 is 2.16 bits per heavy atom. The highest BCUT2D eigenvalue weighted by Crippen LogP contribution is 2.22. The first-order valence-electron chi connectivity index (χ1n) is 10.9. The van der Waals surface area contributed by atoms with Crippen LogP contribution in [0.5, 0.6) is 5.75 Å². The first-order chi connectivity index (χ1) is 15.5. The second-order valence-corrected chi connectivity index (χ2v) is 8.55. The highest BCUT2D eigenvalue weighted by atomic mass is 79.9. The van der Waals surface area contributed by atoms with Crippen molar-refractivity contribution in [1.82, 2.24) is 0 Å². The number of ether oxygens (including phenoxy) is 2. The maximum absolute atomic E-state index is 11.3. The van der Waals surface area contributed by atoms with Crippen LogP contribution < -0.4 is 4.74 Å². The highest BCUT2D eigenvalue weighted by molar-refractivity contribution is 9.10. The molecule has 0 saturated carbocycles. The van der Waals surface area contributed by atoms with Crippen LogP contribution in [0.15, 0.2) is 65.2 Å². The Labute approximate surface area is 199 Å². The number of hydrogen-bond donors (Lipinski definition) is 0. The molecule has 0 N–H and O–H groups in total. The van der Waals surface area contributed by atoms with E-state index in [1.807, 2.05) is 54.6 Å². The van der Waals surface area contributed by atoms with Crippen molar-refractivity contribution < 1.29 is 14.3 Å². The van der Waals surface area contributed by atoms with Gasteiger partial charge in [0, 0.05) is 10.0 Å². The minimum absolute atomic E-state index is 0.306. The van der Waals surface area contributed by atoms with Gasteiger partial charge in [0.2, 0.25) is 0 Å². The van der Waals surface area contributed by atoms with E-state index in [0.717, 1.165) is 59.9 Å². The fourth-order valence-electron chi connectivity index (χ4n) is 3.03. The molecule has 0 aliphatic carbocycles. The Morgan fingerprint density at radius 1 is 0.969 bits per heavy atom. The van der Waals surface area contributed by atoms with E-state index in [9.17, 15) is 10.1 Å². The first-order valence-corrected chi connectivity index (χ1v) is 11.7. The van der Waals surface area contributed by atoms with Gasteiger partial charge in [-0.25, -0.2) is 4.79 Å². The number of unbranched alkanes of at least 4 members (excludes halogenated alkanes) is 5. The third kappa shape index (κ3) is 9.53. The van der Waals surface area contributed by atoms with E-state index in [0.29, 0.717) is 24.4 Å². The van der Waals surface area contributed by atoms with Gasteiger partial charge >= 0.3 is 5.97 Å². The van der Waals surface area contributed by atoms with Gasteiger partial charge in [0.15, 0.2) is 0 Å². The summed E-state index contributed by atoms with van der Waals surface area (Å²) in [5.74, 6) is 0.508. The van der Waals surface area contributed by atoms with Crippen molar-refractivity contribution in [1.29, 1.82) is 5.26 Å². The van der Waals surface area contributed by atoms with Crippen molar-refractivity contribution in [3.8, 4) is 11.8 Å². The Balaban J connectivity index is 1.64. The monoisotopic (exact) mass is 495 g/mol. The van der Waals surface area contributed by atoms with E-state index in [4.69, 9.17) is 9.47 Å². The molecule has 2 aromatic rings. The van der Waals surface area contributed by atoms with Crippen LogP contribution in [-0.4, -0.2) is 19.2 Å². The largest absolute Gasteiger partial charge is 0.494 e. The van der Waals surface area contributed by atoms with Crippen molar-refractivity contribution in [3.05, 3.63) is 76.3 Å². The molecule has 0 fully saturated rings. The summed E-state index contributed by atoms with van der Waals surface area (Å²) in [6.45, 7) is 6.37. The van der Waals surface area contributed by atoms with E-state index in [-0.39, 0.29) is 5.97 Å². The molecule has 0 amide bonds. The van der Waals surface area contributed by atoms with Gasteiger partial charge in [-0.15, -0.1) is 0 Å². The zero-order chi connectivity index (χ0) is 23.2. The number of carbonyl (C=O) groups excluding carboxylic acids is 1. The molecule has 2 aromatic carbocycles. The molecule has 0 radical (unpaired) electrons. The van der Waals surface area contributed by atoms with Crippen molar-refractivity contribution in [2.24, 2.45) is 0 Å². The zero-order valence-electron chi connectivity index (χ0n) is 18.6. The molecule has 0 spiro atoms. The van der Waals surface area contributed by atoms with E-state index >= 15 is 0 Å². The first kappa shape index (κ1) is 25.4. The highest BCUT2D eigenvalue weighted by Gasteiger charge is 2.03. The smallest absolute Gasteiger partial charge is 0.333 e. The average molecular weight is 496 g/mol. The lowest BCUT2D eigenvalue weighted by Gasteiger charge is -2.07. The minimum Gasteiger partial charge on any atom is -0.494 e. The zero-order valence-corrected chi connectivity index (χ0v) is 20.2. The Kier molecular flexibility index (Phi) is 11.3. The van der Waals surface area contributed by atoms with E-state index in [2.05, 4.69) is 28.6 Å². The molecule has 2 rings (SSSR count). The lowest BCUT2D eigenvalue weighted by atomic mass is 10.0. The maximum Gasteiger partial charge on any atom is 0.333 e. The van der Waals surface area contributed by atoms with Gasteiger partial charge in [-0.1, -0.05) is 60.3 Å². The summed E-state index contributed by atoms with van der Waals surface area (Å²) in [6, 6.07) is 17.8. The molecule has 0 aliphatic heterocycles. The third-order valence-electron chi connectivity index (χ3n) is 4.86. The normalized spacial score (nSPS) is 11.0. The predicted molar refractivity (Wildman–Crippen MR) is 133 cm³/mol. The van der Waals surface area contributed by atoms with Gasteiger partial charge in [-0.2, -0.15) is 5.26 Å². The van der Waals surface area contributed by atoms with Gasteiger partial charge in [0.1, 0.15) is 5.75 Å². The quantitative estimate of drug-likeness (QED) is 0.0956. The molecule has 168 valence electrons. The Hall–Kier alpha value is -2.84. The molecule has 0 heterocycles. The number of nitriles is 1. The van der Waals surface area contributed by atoms with Crippen molar-refractivity contribution in [3.63, 3.8) is 0 Å². The number of carbonyl (C=O) groups is 1. The number of esters is 1. The summed E-state index contributed by atoms with van der Waals surface area (Å²) < 4.78 is 11.9. The van der Waals surface area contributed by atoms with Crippen LogP contribution in [0.3, 0.4) is 0 Å². The number of allylic oxidation sites excluding steroid dienone is 1. The molecular formula is C27H30BrNO3. The van der Waals surface area contributed by atoms with Crippen LogP contribution in [0.25, 0.3) is 11.6 Å². The summed E-state index contributed by atoms with van der Waals surface area (Å²) in [4.78, 5) is 11.3. The van der Waals surface area contributed by atoms with Crippen LogP contribution in [0, 0.1) is 11.3 Å². The molecule has 0 aliphatic rings. The molecule has 0 aromatic heterocycles. The van der Waals surface area contributed by atoms with E-state index in [1.54, 1.807) is 6.92 Å². The third-order valence-corrected chi connectivity index (χ3v) is 5.38. The molecule has 0 atom stereocenters. The summed E-state index contributed by atoms with van der Waals surface area (Å²) in [5.41, 5.74) is 2.92. The molecule has 0 unspecified atom stereocenters. The summed E-state index contributed by atoms with van der Waals surface area (Å²) >= 11 is 3.42. The molecule has 5 heteroatoms. The van der Waals surface area contributed by atoms with Gasteiger partial charge < -0.3 is 9.47 Å². The number of nitrogens with zero attached hydrogens (tertiary/aromatic N) is 1. The Bertz CT molecular complexity index is 940. The van der Waals surface area contributed by atoms with Crippen LogP contribution >= 0.6 is 15.9 Å². The Morgan fingerprint density at radius 2 is 1.56 bits per heavy atom. The molecular weight excluding hydrogens is 466 g/mol. The lowest BCUT2D eigenvalue weighted by Crippen LogP contribution is -2.06. The SMILES string of the molecule is C=C(C)C(=O)OCCCCCCCCOc1ccc(/C(C#N)=C/c2ccc(Br)cc2)cc1. The maximum atomic E-state index is 11.3. The second kappa shape index (κ2) is 14.3. The van der Waals surface area contributed by atoms with Crippen LogP contribution in [-0.2, 0) is 9.53 Å². The van der Waals surface area contributed by atoms with Crippen LogP contribution in [0.2, 0.25) is 0 Å². The van der Waals surface area contributed by atoms with Crippen LogP contribution in [0.1, 0.15) is 56.6 Å². The summed E-state index contributed by atoms with van der Waals surface area (Å²) in [5, 5.41) is 9.52. The van der Waals surface area contributed by atoms with Crippen molar-refractivity contribution >= 4 is 33.5 Å². The van der Waals surface area contributed by atoms with Gasteiger partial charge in [0.25, 0.3) is 0 Å². The number of rotatable bonds is 13. The molecule has 0 bridgehead atoms. The number of halogens is 1. The van der Waals surface area contributed by atoms with E-state index < -0.39 is 0 Å². The summed E-state index contributed by atoms with van der Waals surface area (Å²) in [7, 11) is 0. The number of hydrogen-bond acceptors (Lipinski definition) is 4. The van der Waals surface area contributed by atoms with Gasteiger partial charge in [-0.3, -0.25) is 0 Å². The molecule has 4 nitrogen and oxygen atoms in total. The molecule has 32 heavy (non-hydrogen) atoms. The number of benzene rings is 2. The van der Waals surface area contributed by atoms with Gasteiger partial charge in [-0.05, 0) is 73.4 Å². The van der Waals surface area contributed by atoms with Gasteiger partial charge in [0.05, 0.1) is 24.9 Å². The van der Waals surface area contributed by atoms with Crippen LogP contribution in [0.4, 0.5) is 0 Å². The average Bonchev–Trinajstić information content (AvgIpc) is 2.80. The lowest BCUT2D eigenvalue weighted by molar-refractivity contribution is -0.139. The predicted octanol–water partition coefficient (Wildman–Crippen LogP) is 7.35. The van der Waals surface area contributed by atoms with E-state index in [1.165, 1.54) is 0 Å². The van der Waals surface area contributed by atoms with Crippen molar-refractivity contribution in [2.45, 2.75) is 45.4 Å². The van der Waals surface area contributed by atoms with Crippen molar-refractivity contribution in [2.75, 3.05) is 13.2 Å². The minimum atomic E-state index is -0.306.